The van der Waals surface area contributed by atoms with E-state index >= 15 is 0 Å². The summed E-state index contributed by atoms with van der Waals surface area (Å²) in [7, 11) is 0. The highest BCUT2D eigenvalue weighted by molar-refractivity contribution is 5.69. The van der Waals surface area contributed by atoms with Gasteiger partial charge in [-0.05, 0) is 12.8 Å². The summed E-state index contributed by atoms with van der Waals surface area (Å²) in [6.45, 7) is 5.15. The number of esters is 1. The van der Waals surface area contributed by atoms with Gasteiger partial charge in [0.15, 0.2) is 0 Å². The fourth-order valence-electron chi connectivity index (χ4n) is 5.02. The second kappa shape index (κ2) is 31.5. The molecule has 0 spiro atoms. The molecule has 0 aliphatic heterocycles. The zero-order chi connectivity index (χ0) is 25.5. The van der Waals surface area contributed by atoms with E-state index in [1.807, 2.05) is 0 Å². The van der Waals surface area contributed by atoms with Crippen molar-refractivity contribution in [3.63, 3.8) is 0 Å². The third-order valence-electron chi connectivity index (χ3n) is 7.50. The van der Waals surface area contributed by atoms with E-state index < -0.39 is 0 Å². The summed E-state index contributed by atoms with van der Waals surface area (Å²) in [6.07, 6.45) is 39.0. The molecule has 0 aliphatic rings. The molecule has 35 heavy (non-hydrogen) atoms. The van der Waals surface area contributed by atoms with E-state index in [-0.39, 0.29) is 5.97 Å². The molecule has 0 bridgehead atoms. The van der Waals surface area contributed by atoms with Crippen LogP contribution >= 0.6 is 0 Å². The summed E-state index contributed by atoms with van der Waals surface area (Å²) >= 11 is 0. The van der Waals surface area contributed by atoms with Crippen molar-refractivity contribution in [3.05, 3.63) is 0 Å². The summed E-state index contributed by atoms with van der Waals surface area (Å²) in [5.41, 5.74) is 0. The van der Waals surface area contributed by atoms with E-state index in [0.717, 1.165) is 12.8 Å². The lowest BCUT2D eigenvalue weighted by Crippen LogP contribution is -2.05. The van der Waals surface area contributed by atoms with Crippen molar-refractivity contribution < 1.29 is 9.53 Å². The lowest BCUT2D eigenvalue weighted by Gasteiger charge is -2.05. The van der Waals surface area contributed by atoms with Crippen molar-refractivity contribution in [1.82, 2.24) is 0 Å². The molecule has 2 nitrogen and oxygen atoms in total. The van der Waals surface area contributed by atoms with E-state index in [9.17, 15) is 4.79 Å². The first-order valence-electron chi connectivity index (χ1n) is 16.5. The van der Waals surface area contributed by atoms with Crippen LogP contribution in [0, 0.1) is 0 Å². The zero-order valence-corrected chi connectivity index (χ0v) is 24.5. The van der Waals surface area contributed by atoms with Crippen LogP contribution in [0.25, 0.3) is 0 Å². The van der Waals surface area contributed by atoms with Gasteiger partial charge in [0.1, 0.15) is 0 Å². The molecule has 0 rings (SSSR count). The first kappa shape index (κ1) is 34.5. The van der Waals surface area contributed by atoms with E-state index in [2.05, 4.69) is 13.8 Å². The topological polar surface area (TPSA) is 26.3 Å². The minimum absolute atomic E-state index is 0.0142. The summed E-state index contributed by atoms with van der Waals surface area (Å²) in [5.74, 6) is 0.0142. The monoisotopic (exact) mass is 495 g/mol. The first-order chi connectivity index (χ1) is 17.3. The van der Waals surface area contributed by atoms with Gasteiger partial charge in [-0.15, -0.1) is 0 Å². The maximum atomic E-state index is 11.7. The van der Waals surface area contributed by atoms with Crippen LogP contribution in [-0.2, 0) is 9.53 Å². The second-order valence-corrected chi connectivity index (χ2v) is 11.2. The fraction of sp³-hybridized carbons (Fsp3) is 0.970. The van der Waals surface area contributed by atoms with Crippen molar-refractivity contribution in [2.45, 2.75) is 200 Å². The number of hydrogen-bond acceptors (Lipinski definition) is 2. The van der Waals surface area contributed by atoms with E-state index in [1.165, 1.54) is 167 Å². The van der Waals surface area contributed by atoms with Gasteiger partial charge in [-0.1, -0.05) is 181 Å². The van der Waals surface area contributed by atoms with Crippen LogP contribution in [-0.4, -0.2) is 12.6 Å². The normalized spacial score (nSPS) is 11.3. The molecule has 0 unspecified atom stereocenters. The maximum Gasteiger partial charge on any atom is 0.305 e. The number of hydrogen-bond donors (Lipinski definition) is 0. The quantitative estimate of drug-likeness (QED) is 0.0732. The highest BCUT2D eigenvalue weighted by Gasteiger charge is 2.02. The number of unbranched alkanes of at least 4 members (excludes halogenated alkanes) is 26. The Balaban J connectivity index is 3.08. The molecule has 0 aromatic rings. The van der Waals surface area contributed by atoms with Crippen molar-refractivity contribution in [2.75, 3.05) is 6.61 Å². The molecular weight excluding hydrogens is 428 g/mol. The van der Waals surface area contributed by atoms with Gasteiger partial charge in [-0.2, -0.15) is 0 Å². The van der Waals surface area contributed by atoms with E-state index in [0.29, 0.717) is 13.0 Å². The van der Waals surface area contributed by atoms with Crippen LogP contribution in [0.4, 0.5) is 0 Å². The summed E-state index contributed by atoms with van der Waals surface area (Å²) in [4.78, 5) is 11.7. The molecule has 0 amide bonds. The Bertz CT molecular complexity index is 393. The van der Waals surface area contributed by atoms with Crippen LogP contribution < -0.4 is 0 Å². The zero-order valence-electron chi connectivity index (χ0n) is 24.5. The fourth-order valence-corrected chi connectivity index (χ4v) is 5.02. The second-order valence-electron chi connectivity index (χ2n) is 11.2. The van der Waals surface area contributed by atoms with Crippen LogP contribution in [0.15, 0.2) is 0 Å². The van der Waals surface area contributed by atoms with Gasteiger partial charge in [-0.3, -0.25) is 4.79 Å². The molecular formula is C33H66O2. The van der Waals surface area contributed by atoms with E-state index in [1.54, 1.807) is 0 Å². The standard InChI is InChI=1S/C33H66O2/c1-3-5-7-9-10-11-12-13-14-15-16-17-18-19-20-21-22-23-24-25-26-28-30-32-35-33(34)31-29-27-8-6-4-2/h3-32H2,1-2H3. The number of carbonyl (C=O) groups excluding carboxylic acids is 1. The molecule has 0 radical (unpaired) electrons. The SMILES string of the molecule is CCCCCCCCCCCCCCCCCCCCCCCCCOC(=O)CCCCCCC. The Morgan fingerprint density at radius 2 is 0.629 bits per heavy atom. The average molecular weight is 495 g/mol. The highest BCUT2D eigenvalue weighted by atomic mass is 16.5. The minimum Gasteiger partial charge on any atom is -0.466 e. The van der Waals surface area contributed by atoms with Crippen LogP contribution in [0.1, 0.15) is 200 Å². The van der Waals surface area contributed by atoms with Crippen LogP contribution in [0.5, 0.6) is 0 Å². The van der Waals surface area contributed by atoms with Crippen molar-refractivity contribution in [1.29, 1.82) is 0 Å². The third-order valence-corrected chi connectivity index (χ3v) is 7.50. The molecule has 0 N–H and O–H groups in total. The van der Waals surface area contributed by atoms with Crippen molar-refractivity contribution in [2.24, 2.45) is 0 Å². The number of carbonyl (C=O) groups is 1. The van der Waals surface area contributed by atoms with Gasteiger partial charge >= 0.3 is 5.97 Å². The van der Waals surface area contributed by atoms with Gasteiger partial charge in [0, 0.05) is 6.42 Å². The highest BCUT2D eigenvalue weighted by Crippen LogP contribution is 2.15. The number of rotatable bonds is 30. The maximum absolute atomic E-state index is 11.7. The lowest BCUT2D eigenvalue weighted by molar-refractivity contribution is -0.143. The predicted octanol–water partition coefficient (Wildman–Crippen LogP) is 11.9. The Labute approximate surface area is 222 Å². The van der Waals surface area contributed by atoms with Gasteiger partial charge in [0.2, 0.25) is 0 Å². The number of ether oxygens (including phenoxy) is 1. The molecule has 0 aromatic carbocycles. The summed E-state index contributed by atoms with van der Waals surface area (Å²) in [5, 5.41) is 0. The van der Waals surface area contributed by atoms with Gasteiger partial charge in [0.05, 0.1) is 6.61 Å². The smallest absolute Gasteiger partial charge is 0.305 e. The molecule has 2 heteroatoms. The molecule has 0 atom stereocenters. The third kappa shape index (κ3) is 31.4. The van der Waals surface area contributed by atoms with E-state index in [4.69, 9.17) is 4.74 Å². The Kier molecular flexibility index (Phi) is 31.0. The summed E-state index contributed by atoms with van der Waals surface area (Å²) in [6, 6.07) is 0. The predicted molar refractivity (Wildman–Crippen MR) is 156 cm³/mol. The van der Waals surface area contributed by atoms with Gasteiger partial charge < -0.3 is 4.74 Å². The summed E-state index contributed by atoms with van der Waals surface area (Å²) < 4.78 is 5.36. The Hall–Kier alpha value is -0.530. The molecule has 0 saturated carbocycles. The Morgan fingerprint density at radius 1 is 0.371 bits per heavy atom. The first-order valence-corrected chi connectivity index (χ1v) is 16.5. The van der Waals surface area contributed by atoms with Crippen LogP contribution in [0.3, 0.4) is 0 Å². The molecule has 0 saturated heterocycles. The van der Waals surface area contributed by atoms with Gasteiger partial charge in [0.25, 0.3) is 0 Å². The van der Waals surface area contributed by atoms with Crippen molar-refractivity contribution in [3.8, 4) is 0 Å². The van der Waals surface area contributed by atoms with Gasteiger partial charge in [-0.25, -0.2) is 0 Å². The average Bonchev–Trinajstić information content (AvgIpc) is 2.86. The molecule has 0 heterocycles. The molecule has 0 aliphatic carbocycles. The van der Waals surface area contributed by atoms with Crippen molar-refractivity contribution >= 4 is 5.97 Å². The molecule has 210 valence electrons. The molecule has 0 aromatic heterocycles. The molecule has 0 fully saturated rings. The van der Waals surface area contributed by atoms with Crippen LogP contribution in [0.2, 0.25) is 0 Å². The lowest BCUT2D eigenvalue weighted by atomic mass is 10.0. The minimum atomic E-state index is 0.0142. The Morgan fingerprint density at radius 3 is 0.943 bits per heavy atom. The largest absolute Gasteiger partial charge is 0.466 e.